The van der Waals surface area contributed by atoms with Gasteiger partial charge in [0.05, 0.1) is 6.42 Å². The van der Waals surface area contributed by atoms with E-state index >= 15 is 0 Å². The Morgan fingerprint density at radius 3 is 3.05 bits per heavy atom. The number of fused-ring (bicyclic) bond motifs is 1. The zero-order chi connectivity index (χ0) is 14.1. The highest BCUT2D eigenvalue weighted by atomic mass is 32.1. The summed E-state index contributed by atoms with van der Waals surface area (Å²) in [6.07, 6.45) is 1.06. The number of halogens is 1. The first-order chi connectivity index (χ1) is 9.63. The third-order valence-corrected chi connectivity index (χ3v) is 4.73. The molecule has 0 atom stereocenters. The summed E-state index contributed by atoms with van der Waals surface area (Å²) in [6.45, 7) is 3.24. The minimum atomic E-state index is -0.286. The van der Waals surface area contributed by atoms with Crippen LogP contribution in [0.3, 0.4) is 0 Å². The van der Waals surface area contributed by atoms with Crippen molar-refractivity contribution in [2.24, 2.45) is 0 Å². The van der Waals surface area contributed by atoms with Gasteiger partial charge in [0.15, 0.2) is 0 Å². The molecule has 4 heteroatoms. The van der Waals surface area contributed by atoms with Crippen molar-refractivity contribution in [2.75, 3.05) is 6.54 Å². The van der Waals surface area contributed by atoms with Crippen molar-refractivity contribution < 1.29 is 9.18 Å². The van der Waals surface area contributed by atoms with Crippen LogP contribution in [-0.4, -0.2) is 17.4 Å². The summed E-state index contributed by atoms with van der Waals surface area (Å²) >= 11 is 1.75. The van der Waals surface area contributed by atoms with E-state index in [2.05, 4.69) is 11.4 Å². The van der Waals surface area contributed by atoms with Crippen molar-refractivity contribution in [1.29, 1.82) is 0 Å². The average molecular weight is 289 g/mol. The van der Waals surface area contributed by atoms with Crippen LogP contribution in [0.5, 0.6) is 0 Å². The quantitative estimate of drug-likeness (QED) is 0.830. The number of carbonyl (C=O) groups excluding carboxylic acids is 1. The van der Waals surface area contributed by atoms with Crippen molar-refractivity contribution in [3.05, 3.63) is 57.0 Å². The zero-order valence-electron chi connectivity index (χ0n) is 11.4. The highest BCUT2D eigenvalue weighted by Gasteiger charge is 2.22. The van der Waals surface area contributed by atoms with Gasteiger partial charge in [0.25, 0.3) is 0 Å². The van der Waals surface area contributed by atoms with E-state index in [1.165, 1.54) is 16.5 Å². The maximum Gasteiger partial charge on any atom is 0.227 e. The minimum Gasteiger partial charge on any atom is -0.338 e. The lowest BCUT2D eigenvalue weighted by Crippen LogP contribution is -2.36. The molecule has 1 aliphatic rings. The lowest BCUT2D eigenvalue weighted by Gasteiger charge is -2.27. The highest BCUT2D eigenvalue weighted by Crippen LogP contribution is 2.24. The van der Waals surface area contributed by atoms with E-state index in [1.807, 2.05) is 17.9 Å². The summed E-state index contributed by atoms with van der Waals surface area (Å²) in [7, 11) is 0. The van der Waals surface area contributed by atoms with Crippen LogP contribution in [0.4, 0.5) is 4.39 Å². The molecule has 0 unspecified atom stereocenters. The Morgan fingerprint density at radius 1 is 1.40 bits per heavy atom. The van der Waals surface area contributed by atoms with Gasteiger partial charge in [-0.3, -0.25) is 4.79 Å². The molecule has 1 amide bonds. The Balaban J connectivity index is 1.71. The molecular formula is C16H16FNOS. The Morgan fingerprint density at radius 2 is 2.25 bits per heavy atom. The topological polar surface area (TPSA) is 20.3 Å². The molecule has 0 spiro atoms. The van der Waals surface area contributed by atoms with Crippen LogP contribution in [0.15, 0.2) is 29.6 Å². The first kappa shape index (κ1) is 13.3. The number of hydrogen-bond acceptors (Lipinski definition) is 2. The van der Waals surface area contributed by atoms with Crippen molar-refractivity contribution in [3.63, 3.8) is 0 Å². The van der Waals surface area contributed by atoms with Crippen molar-refractivity contribution in [1.82, 2.24) is 4.90 Å². The number of amides is 1. The van der Waals surface area contributed by atoms with Gasteiger partial charge in [-0.25, -0.2) is 4.39 Å². The van der Waals surface area contributed by atoms with E-state index in [4.69, 9.17) is 0 Å². The Bertz CT molecular complexity index is 650. The summed E-state index contributed by atoms with van der Waals surface area (Å²) < 4.78 is 13.8. The molecule has 3 rings (SSSR count). The molecule has 0 saturated carbocycles. The second kappa shape index (κ2) is 5.37. The van der Waals surface area contributed by atoms with Gasteiger partial charge in [-0.1, -0.05) is 12.1 Å². The predicted octanol–water partition coefficient (Wildman–Crippen LogP) is 3.32. The van der Waals surface area contributed by atoms with Gasteiger partial charge < -0.3 is 4.90 Å². The van der Waals surface area contributed by atoms with Crippen LogP contribution in [0.25, 0.3) is 0 Å². The minimum absolute atomic E-state index is 0.00426. The van der Waals surface area contributed by atoms with Gasteiger partial charge in [0, 0.05) is 18.0 Å². The first-order valence-electron chi connectivity index (χ1n) is 6.71. The van der Waals surface area contributed by atoms with Crippen molar-refractivity contribution >= 4 is 17.2 Å². The fourth-order valence-corrected chi connectivity index (χ4v) is 3.42. The summed E-state index contributed by atoms with van der Waals surface area (Å²) in [5, 5.41) is 2.07. The van der Waals surface area contributed by atoms with Crippen LogP contribution in [-0.2, 0) is 24.2 Å². The molecule has 1 aromatic carbocycles. The number of thiophene rings is 1. The third kappa shape index (κ3) is 2.61. The summed E-state index contributed by atoms with van der Waals surface area (Å²) in [6, 6.07) is 7.11. The average Bonchev–Trinajstić information content (AvgIpc) is 2.89. The molecule has 1 aliphatic heterocycles. The molecule has 104 valence electrons. The smallest absolute Gasteiger partial charge is 0.227 e. The van der Waals surface area contributed by atoms with Crippen molar-refractivity contribution in [3.8, 4) is 0 Å². The largest absolute Gasteiger partial charge is 0.338 e. The lowest BCUT2D eigenvalue weighted by atomic mass is 10.1. The standard InChI is InChI=1S/C16H16FNOS/c1-11-2-3-12(14(17)8-11)9-16(19)18-6-4-15-13(10-18)5-7-20-15/h2-3,5,7-8H,4,6,9-10H2,1H3. The Kier molecular flexibility index (Phi) is 3.57. The SMILES string of the molecule is Cc1ccc(CC(=O)N2CCc3sccc3C2)c(F)c1. The maximum atomic E-state index is 13.8. The molecule has 2 aromatic rings. The number of aryl methyl sites for hydroxylation is 1. The molecule has 0 bridgehead atoms. The molecule has 0 saturated heterocycles. The van der Waals surface area contributed by atoms with Gasteiger partial charge in [-0.2, -0.15) is 0 Å². The fourth-order valence-electron chi connectivity index (χ4n) is 2.53. The molecule has 2 heterocycles. The molecule has 20 heavy (non-hydrogen) atoms. The third-order valence-electron chi connectivity index (χ3n) is 3.71. The van der Waals surface area contributed by atoms with Crippen LogP contribution in [0.2, 0.25) is 0 Å². The molecule has 0 fully saturated rings. The second-order valence-electron chi connectivity index (χ2n) is 5.21. The van der Waals surface area contributed by atoms with Crippen LogP contribution < -0.4 is 0 Å². The van der Waals surface area contributed by atoms with E-state index in [9.17, 15) is 9.18 Å². The van der Waals surface area contributed by atoms with Gasteiger partial charge in [0.1, 0.15) is 5.82 Å². The normalized spacial score (nSPS) is 14.2. The monoisotopic (exact) mass is 289 g/mol. The molecule has 0 N–H and O–H groups in total. The predicted molar refractivity (Wildman–Crippen MR) is 78.3 cm³/mol. The van der Waals surface area contributed by atoms with Crippen LogP contribution in [0.1, 0.15) is 21.6 Å². The summed E-state index contributed by atoms with van der Waals surface area (Å²) in [5.41, 5.74) is 2.59. The van der Waals surface area contributed by atoms with Crippen LogP contribution >= 0.6 is 11.3 Å². The number of benzene rings is 1. The van der Waals surface area contributed by atoms with E-state index < -0.39 is 0 Å². The Hall–Kier alpha value is -1.68. The van der Waals surface area contributed by atoms with Gasteiger partial charge in [-0.15, -0.1) is 11.3 Å². The van der Waals surface area contributed by atoms with E-state index in [1.54, 1.807) is 17.4 Å². The number of rotatable bonds is 2. The molecular weight excluding hydrogens is 273 g/mol. The molecule has 0 radical (unpaired) electrons. The van der Waals surface area contributed by atoms with E-state index in [-0.39, 0.29) is 18.1 Å². The highest BCUT2D eigenvalue weighted by molar-refractivity contribution is 7.10. The summed E-state index contributed by atoms with van der Waals surface area (Å²) in [4.78, 5) is 15.5. The van der Waals surface area contributed by atoms with Crippen molar-refractivity contribution in [2.45, 2.75) is 26.3 Å². The Labute approximate surface area is 121 Å². The molecule has 1 aromatic heterocycles. The molecule has 0 aliphatic carbocycles. The second-order valence-corrected chi connectivity index (χ2v) is 6.21. The van der Waals surface area contributed by atoms with Gasteiger partial charge in [-0.05, 0) is 47.5 Å². The number of nitrogens with zero attached hydrogens (tertiary/aromatic N) is 1. The fraction of sp³-hybridized carbons (Fsp3) is 0.312. The number of carbonyl (C=O) groups is 1. The summed E-state index contributed by atoms with van der Waals surface area (Å²) in [5.74, 6) is -0.281. The van der Waals surface area contributed by atoms with E-state index in [0.29, 0.717) is 12.1 Å². The van der Waals surface area contributed by atoms with E-state index in [0.717, 1.165) is 18.5 Å². The first-order valence-corrected chi connectivity index (χ1v) is 7.59. The van der Waals surface area contributed by atoms with Gasteiger partial charge >= 0.3 is 0 Å². The molecule has 2 nitrogen and oxygen atoms in total. The number of hydrogen-bond donors (Lipinski definition) is 0. The van der Waals surface area contributed by atoms with Gasteiger partial charge in [0.2, 0.25) is 5.91 Å². The maximum absolute atomic E-state index is 13.8. The van der Waals surface area contributed by atoms with Crippen LogP contribution in [0, 0.1) is 12.7 Å². The lowest BCUT2D eigenvalue weighted by molar-refractivity contribution is -0.131. The zero-order valence-corrected chi connectivity index (χ0v) is 12.2.